The van der Waals surface area contributed by atoms with Gasteiger partial charge in [-0.1, -0.05) is 26.0 Å². The van der Waals surface area contributed by atoms with Crippen LogP contribution < -0.4 is 4.74 Å². The molecule has 3 rings (SSSR count). The summed E-state index contributed by atoms with van der Waals surface area (Å²) < 4.78 is 5.96. The van der Waals surface area contributed by atoms with Gasteiger partial charge in [0, 0.05) is 37.3 Å². The summed E-state index contributed by atoms with van der Waals surface area (Å²) in [4.78, 5) is 29.1. The van der Waals surface area contributed by atoms with Crippen LogP contribution in [0.2, 0.25) is 0 Å². The Balaban J connectivity index is 1.61. The number of methoxy groups -OCH3 is 1. The number of piperazine rings is 1. The predicted molar refractivity (Wildman–Crippen MR) is 113 cm³/mol. The van der Waals surface area contributed by atoms with Gasteiger partial charge in [0.25, 0.3) is 11.8 Å². The van der Waals surface area contributed by atoms with Gasteiger partial charge >= 0.3 is 0 Å². The van der Waals surface area contributed by atoms with Crippen LogP contribution in [0, 0.1) is 0 Å². The number of rotatable bonds is 4. The molecule has 2 aromatic rings. The number of hydrogen-bond donors (Lipinski definition) is 0. The van der Waals surface area contributed by atoms with E-state index in [1.165, 1.54) is 5.56 Å². The highest BCUT2D eigenvalue weighted by molar-refractivity contribution is 9.10. The maximum absolute atomic E-state index is 12.8. The molecule has 0 saturated carbocycles. The largest absolute Gasteiger partial charge is 0.496 e. The zero-order valence-electron chi connectivity index (χ0n) is 16.4. The molecule has 0 aromatic heterocycles. The molecule has 148 valence electrons. The van der Waals surface area contributed by atoms with E-state index in [-0.39, 0.29) is 11.8 Å². The van der Waals surface area contributed by atoms with Crippen molar-refractivity contribution in [1.82, 2.24) is 9.80 Å². The molecule has 0 unspecified atom stereocenters. The number of amides is 2. The molecule has 0 spiro atoms. The summed E-state index contributed by atoms with van der Waals surface area (Å²) in [5.74, 6) is 1.12. The molecular weight excluding hydrogens is 420 g/mol. The average molecular weight is 445 g/mol. The third kappa shape index (κ3) is 4.38. The summed E-state index contributed by atoms with van der Waals surface area (Å²) in [6.45, 7) is 6.39. The van der Waals surface area contributed by atoms with Crippen molar-refractivity contribution in [3.63, 3.8) is 0 Å². The molecule has 0 radical (unpaired) electrons. The van der Waals surface area contributed by atoms with Gasteiger partial charge < -0.3 is 14.5 Å². The fourth-order valence-corrected chi connectivity index (χ4v) is 3.83. The Morgan fingerprint density at radius 1 is 0.893 bits per heavy atom. The number of halogens is 1. The number of hydrogen-bond acceptors (Lipinski definition) is 3. The summed E-state index contributed by atoms with van der Waals surface area (Å²) in [5.41, 5.74) is 2.53. The molecule has 1 aliphatic rings. The molecule has 0 aliphatic carbocycles. The van der Waals surface area contributed by atoms with Crippen molar-refractivity contribution >= 4 is 27.7 Å². The normalized spacial score (nSPS) is 14.3. The van der Waals surface area contributed by atoms with Gasteiger partial charge in [0.05, 0.1) is 11.6 Å². The van der Waals surface area contributed by atoms with E-state index < -0.39 is 0 Å². The molecule has 2 amide bonds. The second kappa shape index (κ2) is 8.78. The van der Waals surface area contributed by atoms with Crippen LogP contribution in [-0.2, 0) is 0 Å². The van der Waals surface area contributed by atoms with Crippen LogP contribution in [0.1, 0.15) is 46.0 Å². The predicted octanol–water partition coefficient (Wildman–Crippen LogP) is 4.18. The highest BCUT2D eigenvalue weighted by Crippen LogP contribution is 2.26. The van der Waals surface area contributed by atoms with Crippen LogP contribution >= 0.6 is 15.9 Å². The van der Waals surface area contributed by atoms with Gasteiger partial charge in [-0.15, -0.1) is 0 Å². The van der Waals surface area contributed by atoms with E-state index in [0.717, 1.165) is 4.47 Å². The fourth-order valence-electron chi connectivity index (χ4n) is 3.29. The molecule has 1 saturated heterocycles. The second-order valence-electron chi connectivity index (χ2n) is 7.21. The van der Waals surface area contributed by atoms with E-state index in [2.05, 4.69) is 29.8 Å². The second-order valence-corrected chi connectivity index (χ2v) is 8.06. The standard InChI is InChI=1S/C22H25BrN2O3/c1-15(2)16-4-6-17(7-5-16)21(26)24-10-12-25(13-11-24)22(27)18-8-9-20(28-3)19(23)14-18/h4-9,14-15H,10-13H2,1-3H3. The summed E-state index contributed by atoms with van der Waals surface area (Å²) in [6.07, 6.45) is 0. The SMILES string of the molecule is COc1ccc(C(=O)N2CCN(C(=O)c3ccc(C(C)C)cc3)CC2)cc1Br. The minimum atomic E-state index is -0.0308. The molecule has 1 fully saturated rings. The smallest absolute Gasteiger partial charge is 0.254 e. The summed E-state index contributed by atoms with van der Waals surface area (Å²) in [6, 6.07) is 13.1. The first-order valence-electron chi connectivity index (χ1n) is 9.42. The average Bonchev–Trinajstić information content (AvgIpc) is 2.72. The van der Waals surface area contributed by atoms with Crippen molar-refractivity contribution in [2.75, 3.05) is 33.3 Å². The van der Waals surface area contributed by atoms with Crippen molar-refractivity contribution in [2.24, 2.45) is 0 Å². The maximum atomic E-state index is 12.8. The van der Waals surface area contributed by atoms with Crippen molar-refractivity contribution in [3.8, 4) is 5.75 Å². The first-order chi connectivity index (χ1) is 13.4. The highest BCUT2D eigenvalue weighted by Gasteiger charge is 2.26. The van der Waals surface area contributed by atoms with E-state index in [1.54, 1.807) is 30.2 Å². The molecule has 0 N–H and O–H groups in total. The Labute approximate surface area is 174 Å². The third-order valence-electron chi connectivity index (χ3n) is 5.08. The maximum Gasteiger partial charge on any atom is 0.254 e. The zero-order valence-corrected chi connectivity index (χ0v) is 18.0. The fraction of sp³-hybridized carbons (Fsp3) is 0.364. The zero-order chi connectivity index (χ0) is 20.3. The van der Waals surface area contributed by atoms with Crippen LogP contribution in [-0.4, -0.2) is 54.9 Å². The lowest BCUT2D eigenvalue weighted by molar-refractivity contribution is 0.0535. The van der Waals surface area contributed by atoms with Gasteiger partial charge in [-0.2, -0.15) is 0 Å². The number of carbonyl (C=O) groups is 2. The van der Waals surface area contributed by atoms with Crippen LogP contribution in [0.15, 0.2) is 46.9 Å². The number of ether oxygens (including phenoxy) is 1. The Morgan fingerprint density at radius 3 is 1.86 bits per heavy atom. The molecule has 1 heterocycles. The molecule has 6 heteroatoms. The van der Waals surface area contributed by atoms with Crippen molar-refractivity contribution in [1.29, 1.82) is 0 Å². The summed E-state index contributed by atoms with van der Waals surface area (Å²) >= 11 is 3.42. The molecule has 1 aliphatic heterocycles. The Kier molecular flexibility index (Phi) is 6.39. The lowest BCUT2D eigenvalue weighted by Crippen LogP contribution is -2.50. The van der Waals surface area contributed by atoms with Gasteiger partial charge in [0.1, 0.15) is 5.75 Å². The third-order valence-corrected chi connectivity index (χ3v) is 5.70. The first kappa shape index (κ1) is 20.4. The van der Waals surface area contributed by atoms with Gasteiger partial charge in [-0.3, -0.25) is 9.59 Å². The number of carbonyl (C=O) groups excluding carboxylic acids is 2. The minimum Gasteiger partial charge on any atom is -0.496 e. The molecule has 28 heavy (non-hydrogen) atoms. The van der Waals surface area contributed by atoms with E-state index in [1.807, 2.05) is 29.2 Å². The molecular formula is C22H25BrN2O3. The summed E-state index contributed by atoms with van der Waals surface area (Å²) in [5, 5.41) is 0. The van der Waals surface area contributed by atoms with E-state index in [4.69, 9.17) is 4.74 Å². The lowest BCUT2D eigenvalue weighted by atomic mass is 10.0. The van der Waals surface area contributed by atoms with Crippen LogP contribution in [0.5, 0.6) is 5.75 Å². The van der Waals surface area contributed by atoms with E-state index >= 15 is 0 Å². The van der Waals surface area contributed by atoms with Gasteiger partial charge in [-0.25, -0.2) is 0 Å². The monoisotopic (exact) mass is 444 g/mol. The molecule has 0 bridgehead atoms. The van der Waals surface area contributed by atoms with Crippen LogP contribution in [0.4, 0.5) is 0 Å². The topological polar surface area (TPSA) is 49.9 Å². The Bertz CT molecular complexity index is 857. The Morgan fingerprint density at radius 2 is 1.39 bits per heavy atom. The van der Waals surface area contributed by atoms with E-state index in [9.17, 15) is 9.59 Å². The highest BCUT2D eigenvalue weighted by atomic mass is 79.9. The molecule has 2 aromatic carbocycles. The van der Waals surface area contributed by atoms with Crippen molar-refractivity contribution in [3.05, 3.63) is 63.6 Å². The first-order valence-corrected chi connectivity index (χ1v) is 10.2. The van der Waals surface area contributed by atoms with Gasteiger partial charge in [-0.05, 0) is 57.7 Å². The lowest BCUT2D eigenvalue weighted by Gasteiger charge is -2.35. The van der Waals surface area contributed by atoms with E-state index in [0.29, 0.717) is 49.0 Å². The summed E-state index contributed by atoms with van der Waals surface area (Å²) in [7, 11) is 1.59. The van der Waals surface area contributed by atoms with Crippen molar-refractivity contribution < 1.29 is 14.3 Å². The van der Waals surface area contributed by atoms with Crippen LogP contribution in [0.3, 0.4) is 0 Å². The minimum absolute atomic E-state index is 0.0228. The number of nitrogens with zero attached hydrogens (tertiary/aromatic N) is 2. The van der Waals surface area contributed by atoms with Crippen LogP contribution in [0.25, 0.3) is 0 Å². The van der Waals surface area contributed by atoms with Gasteiger partial charge in [0.2, 0.25) is 0 Å². The Hall–Kier alpha value is -2.34. The number of benzene rings is 2. The van der Waals surface area contributed by atoms with Crippen molar-refractivity contribution in [2.45, 2.75) is 19.8 Å². The molecule has 5 nitrogen and oxygen atoms in total. The molecule has 0 atom stereocenters. The van der Waals surface area contributed by atoms with Gasteiger partial charge in [0.15, 0.2) is 0 Å². The quantitative estimate of drug-likeness (QED) is 0.710.